The van der Waals surface area contributed by atoms with Gasteiger partial charge in [-0.05, 0) is 75.0 Å². The van der Waals surface area contributed by atoms with Crippen LogP contribution in [0.4, 0.5) is 0 Å². The second-order valence-corrected chi connectivity index (χ2v) is 7.39. The number of likely N-dealkylation sites (N-methyl/N-ethyl adjacent to an activating group) is 1. The minimum absolute atomic E-state index is 0.369. The summed E-state index contributed by atoms with van der Waals surface area (Å²) in [7, 11) is 1.92. The molecule has 1 aromatic rings. The Morgan fingerprint density at radius 1 is 1.20 bits per heavy atom. The fourth-order valence-electron chi connectivity index (χ4n) is 5.87. The van der Waals surface area contributed by atoms with Crippen LogP contribution in [0.5, 0.6) is 0 Å². The van der Waals surface area contributed by atoms with Crippen molar-refractivity contribution in [2.24, 2.45) is 29.6 Å². The molecule has 0 aliphatic heterocycles. The molecular weight excluding hydrogens is 250 g/mol. The molecule has 5 rings (SSSR count). The Balaban J connectivity index is 1.70. The van der Waals surface area contributed by atoms with E-state index in [1.807, 2.05) is 19.2 Å². The molecule has 4 aliphatic rings. The predicted octanol–water partition coefficient (Wildman–Crippen LogP) is 2.76. The van der Waals surface area contributed by atoms with Crippen molar-refractivity contribution in [3.63, 3.8) is 0 Å². The zero-order valence-electron chi connectivity index (χ0n) is 12.2. The standard InChI is InChI=1S/C17H25NO2/c1-18-10-17(19,15-3-2-4-20-15)16-13-6-11-5-12(8-13)9-14(16)7-11/h2-4,11-14,16,18-19H,5-10H2,1H3. The second-order valence-electron chi connectivity index (χ2n) is 7.39. The first kappa shape index (κ1) is 12.9. The van der Waals surface area contributed by atoms with Gasteiger partial charge in [-0.15, -0.1) is 0 Å². The molecule has 1 unspecified atom stereocenters. The number of nitrogens with one attached hydrogen (secondary N) is 1. The number of furan rings is 1. The van der Waals surface area contributed by atoms with Gasteiger partial charge in [-0.1, -0.05) is 0 Å². The van der Waals surface area contributed by atoms with Crippen LogP contribution in [0.25, 0.3) is 0 Å². The highest BCUT2D eigenvalue weighted by Crippen LogP contribution is 2.60. The molecule has 0 saturated heterocycles. The highest BCUT2D eigenvalue weighted by molar-refractivity contribution is 5.16. The number of hydrogen-bond donors (Lipinski definition) is 2. The average molecular weight is 275 g/mol. The highest BCUT2D eigenvalue weighted by Gasteiger charge is 2.56. The van der Waals surface area contributed by atoms with Crippen LogP contribution in [-0.4, -0.2) is 18.7 Å². The number of aliphatic hydroxyl groups is 1. The van der Waals surface area contributed by atoms with E-state index in [1.165, 1.54) is 32.1 Å². The molecular formula is C17H25NO2. The lowest BCUT2D eigenvalue weighted by Crippen LogP contribution is -2.56. The SMILES string of the molecule is CNCC(O)(c1ccco1)C1C2CC3CC(C2)CC1C3. The smallest absolute Gasteiger partial charge is 0.138 e. The maximum absolute atomic E-state index is 11.4. The van der Waals surface area contributed by atoms with Gasteiger partial charge >= 0.3 is 0 Å². The Morgan fingerprint density at radius 2 is 1.85 bits per heavy atom. The Kier molecular flexibility index (Phi) is 2.97. The van der Waals surface area contributed by atoms with Gasteiger partial charge in [0.05, 0.1) is 6.26 Å². The van der Waals surface area contributed by atoms with Crippen LogP contribution in [0.2, 0.25) is 0 Å². The Hall–Kier alpha value is -0.800. The van der Waals surface area contributed by atoms with Crippen LogP contribution in [0, 0.1) is 29.6 Å². The zero-order valence-corrected chi connectivity index (χ0v) is 12.2. The van der Waals surface area contributed by atoms with Gasteiger partial charge in [-0.3, -0.25) is 0 Å². The molecule has 2 N–H and O–H groups in total. The zero-order chi connectivity index (χ0) is 13.7. The van der Waals surface area contributed by atoms with Gasteiger partial charge in [0.15, 0.2) is 0 Å². The Morgan fingerprint density at radius 3 is 2.35 bits per heavy atom. The first-order valence-electron chi connectivity index (χ1n) is 8.11. The van der Waals surface area contributed by atoms with Crippen LogP contribution in [0.3, 0.4) is 0 Å². The summed E-state index contributed by atoms with van der Waals surface area (Å²) in [5.41, 5.74) is -0.832. The molecule has 0 amide bonds. The molecule has 0 spiro atoms. The fourth-order valence-corrected chi connectivity index (χ4v) is 5.87. The first-order chi connectivity index (χ1) is 9.70. The topological polar surface area (TPSA) is 45.4 Å². The summed E-state index contributed by atoms with van der Waals surface area (Å²) in [6.07, 6.45) is 8.43. The van der Waals surface area contributed by atoms with E-state index < -0.39 is 5.60 Å². The van der Waals surface area contributed by atoms with Crippen molar-refractivity contribution in [1.82, 2.24) is 5.32 Å². The van der Waals surface area contributed by atoms with Gasteiger partial charge in [0.2, 0.25) is 0 Å². The summed E-state index contributed by atoms with van der Waals surface area (Å²) in [4.78, 5) is 0. The van der Waals surface area contributed by atoms with Gasteiger partial charge in [0.1, 0.15) is 11.4 Å². The van der Waals surface area contributed by atoms with Gasteiger partial charge < -0.3 is 14.8 Å². The van der Waals surface area contributed by atoms with Crippen molar-refractivity contribution in [2.45, 2.75) is 37.7 Å². The summed E-state index contributed by atoms with van der Waals surface area (Å²) in [5.74, 6) is 4.37. The van der Waals surface area contributed by atoms with Crippen LogP contribution in [0.15, 0.2) is 22.8 Å². The van der Waals surface area contributed by atoms with E-state index in [1.54, 1.807) is 6.26 Å². The third-order valence-electron chi connectivity index (χ3n) is 6.17. The van der Waals surface area contributed by atoms with Gasteiger partial charge in [0.25, 0.3) is 0 Å². The van der Waals surface area contributed by atoms with E-state index in [9.17, 15) is 5.11 Å². The van der Waals surface area contributed by atoms with Crippen LogP contribution >= 0.6 is 0 Å². The van der Waals surface area contributed by atoms with Crippen molar-refractivity contribution in [3.8, 4) is 0 Å². The highest BCUT2D eigenvalue weighted by atomic mass is 16.4. The van der Waals surface area contributed by atoms with Crippen LogP contribution < -0.4 is 5.32 Å². The van der Waals surface area contributed by atoms with E-state index in [2.05, 4.69) is 5.32 Å². The van der Waals surface area contributed by atoms with Crippen LogP contribution in [-0.2, 0) is 5.60 Å². The molecule has 20 heavy (non-hydrogen) atoms. The summed E-state index contributed by atoms with van der Waals surface area (Å²) in [6, 6.07) is 3.84. The third-order valence-corrected chi connectivity index (χ3v) is 6.17. The van der Waals surface area contributed by atoms with Crippen molar-refractivity contribution in [3.05, 3.63) is 24.2 Å². The molecule has 0 radical (unpaired) electrons. The minimum atomic E-state index is -0.832. The maximum atomic E-state index is 11.4. The van der Waals surface area contributed by atoms with Crippen molar-refractivity contribution in [1.29, 1.82) is 0 Å². The minimum Gasteiger partial charge on any atom is -0.466 e. The normalized spacial score (nSPS) is 41.8. The molecule has 4 bridgehead atoms. The van der Waals surface area contributed by atoms with E-state index in [0.717, 1.165) is 17.6 Å². The molecule has 4 aliphatic carbocycles. The van der Waals surface area contributed by atoms with Crippen molar-refractivity contribution in [2.75, 3.05) is 13.6 Å². The number of rotatable bonds is 4. The summed E-state index contributed by atoms with van der Waals surface area (Å²) in [5, 5.41) is 14.6. The maximum Gasteiger partial charge on any atom is 0.138 e. The molecule has 0 aromatic carbocycles. The van der Waals surface area contributed by atoms with Gasteiger partial charge in [-0.2, -0.15) is 0 Å². The molecule has 110 valence electrons. The molecule has 4 fully saturated rings. The molecule has 1 heterocycles. The Bertz CT molecular complexity index is 441. The lowest BCUT2D eigenvalue weighted by molar-refractivity contribution is -0.153. The number of hydrogen-bond acceptors (Lipinski definition) is 3. The van der Waals surface area contributed by atoms with E-state index in [-0.39, 0.29) is 0 Å². The predicted molar refractivity (Wildman–Crippen MR) is 77.1 cm³/mol. The quantitative estimate of drug-likeness (QED) is 0.888. The monoisotopic (exact) mass is 275 g/mol. The van der Waals surface area contributed by atoms with Crippen molar-refractivity contribution < 1.29 is 9.52 Å². The largest absolute Gasteiger partial charge is 0.466 e. The molecule has 3 heteroatoms. The summed E-state index contributed by atoms with van der Waals surface area (Å²) < 4.78 is 5.62. The fraction of sp³-hybridized carbons (Fsp3) is 0.765. The van der Waals surface area contributed by atoms with Gasteiger partial charge in [0, 0.05) is 12.5 Å². The second kappa shape index (κ2) is 4.60. The van der Waals surface area contributed by atoms with Gasteiger partial charge in [-0.25, -0.2) is 0 Å². The lowest BCUT2D eigenvalue weighted by atomic mass is 9.48. The molecule has 3 nitrogen and oxygen atoms in total. The molecule has 1 aromatic heterocycles. The third kappa shape index (κ3) is 1.79. The Labute approximate surface area is 120 Å². The molecule has 1 atom stereocenters. The van der Waals surface area contributed by atoms with E-state index >= 15 is 0 Å². The van der Waals surface area contributed by atoms with E-state index in [0.29, 0.717) is 24.3 Å². The lowest BCUT2D eigenvalue weighted by Gasteiger charge is -2.58. The molecule has 4 saturated carbocycles. The first-order valence-corrected chi connectivity index (χ1v) is 8.11. The van der Waals surface area contributed by atoms with Crippen LogP contribution in [0.1, 0.15) is 37.9 Å². The summed E-state index contributed by atoms with van der Waals surface area (Å²) in [6.45, 7) is 0.591. The average Bonchev–Trinajstić information content (AvgIpc) is 2.91. The van der Waals surface area contributed by atoms with Crippen molar-refractivity contribution >= 4 is 0 Å². The van der Waals surface area contributed by atoms with E-state index in [4.69, 9.17) is 4.42 Å². The summed E-state index contributed by atoms with van der Waals surface area (Å²) >= 11 is 0.